The average Bonchev–Trinajstić information content (AvgIpc) is 3.18. The van der Waals surface area contributed by atoms with E-state index in [1.54, 1.807) is 33.5 Å². The Balaban J connectivity index is 2.02. The first-order valence-corrected chi connectivity index (χ1v) is 8.77. The van der Waals surface area contributed by atoms with Crippen LogP contribution in [0.2, 0.25) is 0 Å². The van der Waals surface area contributed by atoms with Gasteiger partial charge in [-0.2, -0.15) is 5.11 Å². The molecular formula is C19H19N3O3S. The molecule has 0 spiro atoms. The number of aromatic nitrogens is 1. The number of ether oxygens (including phenoxy) is 3. The van der Waals surface area contributed by atoms with Crippen LogP contribution >= 0.6 is 11.3 Å². The Hall–Kier alpha value is -2.93. The summed E-state index contributed by atoms with van der Waals surface area (Å²) in [5.74, 6) is 1.55. The lowest BCUT2D eigenvalue weighted by Gasteiger charge is -2.16. The van der Waals surface area contributed by atoms with Crippen molar-refractivity contribution in [3.8, 4) is 27.8 Å². The number of hydrogen-bond acceptors (Lipinski definition) is 7. The predicted molar refractivity (Wildman–Crippen MR) is 101 cm³/mol. The van der Waals surface area contributed by atoms with Crippen LogP contribution in [-0.2, 0) is 0 Å². The second-order valence-corrected chi connectivity index (χ2v) is 6.29. The molecular weight excluding hydrogens is 350 g/mol. The lowest BCUT2D eigenvalue weighted by Crippen LogP contribution is -2.02. The van der Waals surface area contributed by atoms with E-state index in [0.717, 1.165) is 16.1 Å². The molecule has 0 aliphatic carbocycles. The molecule has 0 saturated carbocycles. The van der Waals surface area contributed by atoms with Gasteiger partial charge in [-0.1, -0.05) is 30.3 Å². The van der Waals surface area contributed by atoms with Crippen molar-refractivity contribution in [1.82, 2.24) is 4.98 Å². The number of hydrogen-bond donors (Lipinski definition) is 1. The van der Waals surface area contributed by atoms with Crippen LogP contribution in [0.5, 0.6) is 17.2 Å². The lowest BCUT2D eigenvalue weighted by molar-refractivity contribution is 0.323. The molecule has 1 aromatic heterocycles. The number of benzene rings is 2. The monoisotopic (exact) mass is 369 g/mol. The summed E-state index contributed by atoms with van der Waals surface area (Å²) in [6, 6.07) is 13.0. The van der Waals surface area contributed by atoms with Crippen molar-refractivity contribution in [2.45, 2.75) is 6.04 Å². The predicted octanol–water partition coefficient (Wildman–Crippen LogP) is 4.96. The molecule has 0 amide bonds. The topological polar surface area (TPSA) is 76.8 Å². The quantitative estimate of drug-likeness (QED) is 0.597. The summed E-state index contributed by atoms with van der Waals surface area (Å²) in [6.45, 7) is 0. The molecule has 6 nitrogen and oxygen atoms in total. The zero-order valence-corrected chi connectivity index (χ0v) is 15.5. The SMILES string of the molecule is COc1cc(C(N=N)c2csc(-c3ccccc3)n2)cc(OC)c1OC. The maximum atomic E-state index is 7.68. The molecule has 2 aromatic carbocycles. The van der Waals surface area contributed by atoms with Crippen LogP contribution in [0.25, 0.3) is 10.6 Å². The van der Waals surface area contributed by atoms with E-state index in [-0.39, 0.29) is 0 Å². The van der Waals surface area contributed by atoms with Crippen molar-refractivity contribution in [3.05, 3.63) is 59.1 Å². The lowest BCUT2D eigenvalue weighted by atomic mass is 10.0. The zero-order valence-electron chi connectivity index (χ0n) is 14.7. The minimum atomic E-state index is -0.544. The molecule has 3 rings (SSSR count). The van der Waals surface area contributed by atoms with Gasteiger partial charge in [0.2, 0.25) is 5.75 Å². The highest BCUT2D eigenvalue weighted by Crippen LogP contribution is 2.42. The van der Waals surface area contributed by atoms with Gasteiger partial charge in [0.05, 0.1) is 27.0 Å². The van der Waals surface area contributed by atoms with Crippen LogP contribution < -0.4 is 14.2 Å². The summed E-state index contributed by atoms with van der Waals surface area (Å²) >= 11 is 1.53. The van der Waals surface area contributed by atoms with Crippen LogP contribution in [-0.4, -0.2) is 26.3 Å². The van der Waals surface area contributed by atoms with Gasteiger partial charge in [0.25, 0.3) is 0 Å². The molecule has 26 heavy (non-hydrogen) atoms. The van der Waals surface area contributed by atoms with E-state index in [0.29, 0.717) is 22.9 Å². The molecule has 1 heterocycles. The molecule has 0 fully saturated rings. The number of thiazole rings is 1. The van der Waals surface area contributed by atoms with Crippen molar-refractivity contribution >= 4 is 11.3 Å². The van der Waals surface area contributed by atoms with Crippen molar-refractivity contribution in [1.29, 1.82) is 5.53 Å². The molecule has 1 atom stereocenters. The number of rotatable bonds is 7. The molecule has 0 bridgehead atoms. The van der Waals surface area contributed by atoms with Gasteiger partial charge in [-0.25, -0.2) is 10.5 Å². The highest BCUT2D eigenvalue weighted by molar-refractivity contribution is 7.13. The summed E-state index contributed by atoms with van der Waals surface area (Å²) in [5, 5.41) is 6.60. The Morgan fingerprint density at radius 3 is 2.19 bits per heavy atom. The Labute approximate surface area is 155 Å². The largest absolute Gasteiger partial charge is 0.493 e. The van der Waals surface area contributed by atoms with Crippen molar-refractivity contribution in [3.63, 3.8) is 0 Å². The maximum Gasteiger partial charge on any atom is 0.203 e. The highest BCUT2D eigenvalue weighted by Gasteiger charge is 2.22. The maximum absolute atomic E-state index is 7.68. The summed E-state index contributed by atoms with van der Waals surface area (Å²) in [5.41, 5.74) is 10.2. The Morgan fingerprint density at radius 2 is 1.65 bits per heavy atom. The number of nitrogens with one attached hydrogen (secondary N) is 1. The van der Waals surface area contributed by atoms with Crippen LogP contribution in [0, 0.1) is 5.53 Å². The minimum absolute atomic E-state index is 0.505. The first-order chi connectivity index (χ1) is 12.7. The smallest absolute Gasteiger partial charge is 0.203 e. The second-order valence-electron chi connectivity index (χ2n) is 5.43. The first kappa shape index (κ1) is 17.9. The van der Waals surface area contributed by atoms with Crippen molar-refractivity contribution < 1.29 is 14.2 Å². The fraction of sp³-hybridized carbons (Fsp3) is 0.211. The number of nitrogens with zero attached hydrogens (tertiary/aromatic N) is 2. The Kier molecular flexibility index (Phi) is 5.48. The van der Waals surface area contributed by atoms with Gasteiger partial charge < -0.3 is 14.2 Å². The molecule has 0 aliphatic heterocycles. The molecule has 134 valence electrons. The average molecular weight is 369 g/mol. The minimum Gasteiger partial charge on any atom is -0.493 e. The molecule has 3 aromatic rings. The van der Waals surface area contributed by atoms with E-state index in [4.69, 9.17) is 19.7 Å². The van der Waals surface area contributed by atoms with Gasteiger partial charge in [0.15, 0.2) is 11.5 Å². The first-order valence-electron chi connectivity index (χ1n) is 7.89. The fourth-order valence-electron chi connectivity index (χ4n) is 2.70. The number of methoxy groups -OCH3 is 3. The molecule has 0 radical (unpaired) electrons. The van der Waals surface area contributed by atoms with Gasteiger partial charge in [-0.05, 0) is 17.7 Å². The van der Waals surface area contributed by atoms with Gasteiger partial charge in [-0.3, -0.25) is 0 Å². The van der Waals surface area contributed by atoms with Crippen LogP contribution in [0.3, 0.4) is 0 Å². The molecule has 7 heteroatoms. The van der Waals surface area contributed by atoms with Gasteiger partial charge >= 0.3 is 0 Å². The molecule has 0 aliphatic rings. The third-order valence-corrected chi connectivity index (χ3v) is 4.86. The van der Waals surface area contributed by atoms with Crippen LogP contribution in [0.15, 0.2) is 53.0 Å². The van der Waals surface area contributed by atoms with Crippen molar-refractivity contribution in [2.75, 3.05) is 21.3 Å². The zero-order chi connectivity index (χ0) is 18.5. The van der Waals surface area contributed by atoms with E-state index < -0.39 is 6.04 Å². The normalized spacial score (nSPS) is 11.7. The van der Waals surface area contributed by atoms with Crippen LogP contribution in [0.1, 0.15) is 17.3 Å². The third-order valence-electron chi connectivity index (χ3n) is 3.95. The Bertz CT molecular complexity index is 871. The summed E-state index contributed by atoms with van der Waals surface area (Å²) in [6.07, 6.45) is 0. The second kappa shape index (κ2) is 7.97. The summed E-state index contributed by atoms with van der Waals surface area (Å²) in [4.78, 5) is 4.67. The fourth-order valence-corrected chi connectivity index (χ4v) is 3.54. The summed E-state index contributed by atoms with van der Waals surface area (Å²) in [7, 11) is 4.67. The van der Waals surface area contributed by atoms with Crippen LogP contribution in [0.4, 0.5) is 0 Å². The van der Waals surface area contributed by atoms with E-state index in [1.807, 2.05) is 35.7 Å². The van der Waals surface area contributed by atoms with E-state index in [2.05, 4.69) is 10.1 Å². The van der Waals surface area contributed by atoms with E-state index >= 15 is 0 Å². The van der Waals surface area contributed by atoms with E-state index in [9.17, 15) is 0 Å². The standard InChI is InChI=1S/C19H19N3O3S/c1-23-15-9-13(10-16(24-2)18(15)25-3)17(22-20)14-11-26-19(21-14)12-7-5-4-6-8-12/h4-11,17,20H,1-3H3. The summed E-state index contributed by atoms with van der Waals surface area (Å²) < 4.78 is 16.2. The third kappa shape index (κ3) is 3.39. The van der Waals surface area contributed by atoms with Gasteiger partial charge in [0, 0.05) is 10.9 Å². The molecule has 1 N–H and O–H groups in total. The van der Waals surface area contributed by atoms with Gasteiger partial charge in [0.1, 0.15) is 11.0 Å². The highest BCUT2D eigenvalue weighted by atomic mass is 32.1. The van der Waals surface area contributed by atoms with Gasteiger partial charge in [-0.15, -0.1) is 11.3 Å². The Morgan fingerprint density at radius 1 is 1.00 bits per heavy atom. The van der Waals surface area contributed by atoms with E-state index in [1.165, 1.54) is 11.3 Å². The molecule has 0 saturated heterocycles. The molecule has 1 unspecified atom stereocenters. The van der Waals surface area contributed by atoms with Crippen molar-refractivity contribution in [2.24, 2.45) is 5.11 Å².